The van der Waals surface area contributed by atoms with Crippen molar-refractivity contribution in [2.75, 3.05) is 32.7 Å². The zero-order valence-electron chi connectivity index (χ0n) is 19.3. The summed E-state index contributed by atoms with van der Waals surface area (Å²) in [6.45, 7) is 7.54. The van der Waals surface area contributed by atoms with E-state index in [0.29, 0.717) is 45.7 Å². The molecular weight excluding hydrogens is 414 g/mol. The first kappa shape index (κ1) is 22.7. The molecule has 0 bridgehead atoms. The third-order valence-electron chi connectivity index (χ3n) is 6.19. The van der Waals surface area contributed by atoms with Crippen LogP contribution >= 0.6 is 0 Å². The van der Waals surface area contributed by atoms with Crippen molar-refractivity contribution in [2.45, 2.75) is 26.8 Å². The van der Waals surface area contributed by atoms with E-state index in [-0.39, 0.29) is 11.8 Å². The molecule has 7 nitrogen and oxygen atoms in total. The molecule has 33 heavy (non-hydrogen) atoms. The van der Waals surface area contributed by atoms with Crippen LogP contribution < -0.4 is 5.32 Å². The molecule has 0 aliphatic carbocycles. The Kier molecular flexibility index (Phi) is 7.19. The van der Waals surface area contributed by atoms with Crippen LogP contribution in [-0.4, -0.2) is 64.1 Å². The molecule has 172 valence electrons. The van der Waals surface area contributed by atoms with Crippen LogP contribution in [0.15, 0.2) is 60.7 Å². The van der Waals surface area contributed by atoms with Crippen molar-refractivity contribution in [1.29, 1.82) is 0 Å². The maximum absolute atomic E-state index is 13.0. The van der Waals surface area contributed by atoms with Gasteiger partial charge in [0, 0.05) is 44.0 Å². The van der Waals surface area contributed by atoms with Crippen LogP contribution in [0.3, 0.4) is 0 Å². The van der Waals surface area contributed by atoms with E-state index in [0.717, 1.165) is 28.2 Å². The van der Waals surface area contributed by atoms with E-state index in [1.54, 1.807) is 0 Å². The number of amides is 2. The van der Waals surface area contributed by atoms with Crippen LogP contribution in [0.2, 0.25) is 0 Å². The average Bonchev–Trinajstić information content (AvgIpc) is 3.12. The van der Waals surface area contributed by atoms with Crippen molar-refractivity contribution in [2.24, 2.45) is 0 Å². The number of aromatic nitrogens is 2. The van der Waals surface area contributed by atoms with Gasteiger partial charge in [-0.05, 0) is 31.5 Å². The molecule has 7 heteroatoms. The van der Waals surface area contributed by atoms with Gasteiger partial charge < -0.3 is 10.2 Å². The van der Waals surface area contributed by atoms with Crippen LogP contribution in [0.1, 0.15) is 22.5 Å². The number of carbonyl (C=O) groups is 2. The van der Waals surface area contributed by atoms with Gasteiger partial charge in [-0.15, -0.1) is 0 Å². The van der Waals surface area contributed by atoms with Crippen LogP contribution in [0.4, 0.5) is 0 Å². The molecule has 1 saturated heterocycles. The zero-order valence-corrected chi connectivity index (χ0v) is 19.3. The summed E-state index contributed by atoms with van der Waals surface area (Å²) in [5.41, 5.74) is 4.96. The van der Waals surface area contributed by atoms with Gasteiger partial charge in [-0.3, -0.25) is 14.5 Å². The van der Waals surface area contributed by atoms with Crippen molar-refractivity contribution in [1.82, 2.24) is 24.9 Å². The van der Waals surface area contributed by atoms with Gasteiger partial charge in [0.2, 0.25) is 11.8 Å². The lowest BCUT2D eigenvalue weighted by Gasteiger charge is -2.34. The number of carbonyl (C=O) groups excluding carboxylic acids is 2. The number of para-hydroxylation sites is 1. The molecule has 0 radical (unpaired) electrons. The molecule has 0 spiro atoms. The minimum atomic E-state index is 0.0122. The Balaban J connectivity index is 1.27. The van der Waals surface area contributed by atoms with E-state index in [9.17, 15) is 9.59 Å². The maximum atomic E-state index is 13.0. The Morgan fingerprint density at radius 2 is 1.55 bits per heavy atom. The number of aryl methyl sites for hydroxylation is 1. The highest BCUT2D eigenvalue weighted by atomic mass is 16.2. The van der Waals surface area contributed by atoms with Crippen LogP contribution in [0.5, 0.6) is 0 Å². The van der Waals surface area contributed by atoms with E-state index in [1.807, 2.05) is 84.1 Å². The molecule has 0 unspecified atom stereocenters. The largest absolute Gasteiger partial charge is 0.351 e. The smallest absolute Gasteiger partial charge is 0.234 e. The summed E-state index contributed by atoms with van der Waals surface area (Å²) in [6, 6.07) is 19.9. The van der Waals surface area contributed by atoms with Crippen LogP contribution in [-0.2, 0) is 22.6 Å². The Morgan fingerprint density at radius 3 is 2.21 bits per heavy atom. The fourth-order valence-corrected chi connectivity index (χ4v) is 4.23. The third-order valence-corrected chi connectivity index (χ3v) is 6.19. The first-order valence-corrected chi connectivity index (χ1v) is 11.4. The second-order valence-corrected chi connectivity index (χ2v) is 8.49. The summed E-state index contributed by atoms with van der Waals surface area (Å²) >= 11 is 0. The van der Waals surface area contributed by atoms with Crippen molar-refractivity contribution in [3.63, 3.8) is 0 Å². The summed E-state index contributed by atoms with van der Waals surface area (Å²) in [4.78, 5) is 29.3. The number of nitrogens with one attached hydrogen (secondary N) is 1. The first-order valence-electron chi connectivity index (χ1n) is 11.4. The Morgan fingerprint density at radius 1 is 0.909 bits per heavy atom. The standard InChI is InChI=1S/C26H31N5O2/c1-20-24(21(2)31(28-20)23-11-7-4-8-12-23)17-26(33)30-15-13-29(14-16-30)19-25(32)27-18-22-9-5-3-6-10-22/h3-12H,13-19H2,1-2H3,(H,27,32). The second kappa shape index (κ2) is 10.4. The molecule has 3 aromatic rings. The number of nitrogens with zero attached hydrogens (tertiary/aromatic N) is 4. The fraction of sp³-hybridized carbons (Fsp3) is 0.346. The highest BCUT2D eigenvalue weighted by molar-refractivity contribution is 5.80. The summed E-state index contributed by atoms with van der Waals surface area (Å²) in [5.74, 6) is 0.125. The average molecular weight is 446 g/mol. The third kappa shape index (κ3) is 5.68. The fourth-order valence-electron chi connectivity index (χ4n) is 4.23. The van der Waals surface area contributed by atoms with Gasteiger partial charge in [0.1, 0.15) is 0 Å². The van der Waals surface area contributed by atoms with Crippen LogP contribution in [0, 0.1) is 13.8 Å². The number of piperazine rings is 1. The summed E-state index contributed by atoms with van der Waals surface area (Å²) in [7, 11) is 0. The van der Waals surface area contributed by atoms with Gasteiger partial charge in [-0.2, -0.15) is 5.10 Å². The number of hydrogen-bond acceptors (Lipinski definition) is 4. The molecular formula is C26H31N5O2. The highest BCUT2D eigenvalue weighted by Gasteiger charge is 2.24. The lowest BCUT2D eigenvalue weighted by atomic mass is 10.1. The summed E-state index contributed by atoms with van der Waals surface area (Å²) in [5, 5.41) is 7.63. The minimum Gasteiger partial charge on any atom is -0.351 e. The molecule has 4 rings (SSSR count). The minimum absolute atomic E-state index is 0.0122. The van der Waals surface area contributed by atoms with E-state index in [2.05, 4.69) is 15.3 Å². The maximum Gasteiger partial charge on any atom is 0.234 e. The van der Waals surface area contributed by atoms with Gasteiger partial charge >= 0.3 is 0 Å². The molecule has 2 aromatic carbocycles. The predicted octanol–water partition coefficient (Wildman–Crippen LogP) is 2.49. The highest BCUT2D eigenvalue weighted by Crippen LogP contribution is 2.19. The number of hydrogen-bond donors (Lipinski definition) is 1. The zero-order chi connectivity index (χ0) is 23.2. The van der Waals surface area contributed by atoms with Crippen molar-refractivity contribution >= 4 is 11.8 Å². The van der Waals surface area contributed by atoms with Gasteiger partial charge in [-0.25, -0.2) is 4.68 Å². The van der Waals surface area contributed by atoms with E-state index in [4.69, 9.17) is 0 Å². The molecule has 2 heterocycles. The lowest BCUT2D eigenvalue weighted by molar-refractivity contribution is -0.132. The van der Waals surface area contributed by atoms with Gasteiger partial charge in [0.15, 0.2) is 0 Å². The summed E-state index contributed by atoms with van der Waals surface area (Å²) < 4.78 is 1.91. The molecule has 0 atom stereocenters. The summed E-state index contributed by atoms with van der Waals surface area (Å²) in [6.07, 6.45) is 0.349. The lowest BCUT2D eigenvalue weighted by Crippen LogP contribution is -2.51. The Bertz CT molecular complexity index is 1090. The van der Waals surface area contributed by atoms with E-state index >= 15 is 0 Å². The number of rotatable bonds is 7. The molecule has 2 amide bonds. The van der Waals surface area contributed by atoms with Crippen molar-refractivity contribution < 1.29 is 9.59 Å². The molecule has 0 saturated carbocycles. The number of benzene rings is 2. The molecule has 1 fully saturated rings. The first-order chi connectivity index (χ1) is 16.0. The molecule has 1 aliphatic heterocycles. The predicted molar refractivity (Wildman–Crippen MR) is 128 cm³/mol. The van der Waals surface area contributed by atoms with Crippen LogP contribution in [0.25, 0.3) is 5.69 Å². The Labute approximate surface area is 195 Å². The SMILES string of the molecule is Cc1nn(-c2ccccc2)c(C)c1CC(=O)N1CCN(CC(=O)NCc2ccccc2)CC1. The topological polar surface area (TPSA) is 70.5 Å². The molecule has 1 aromatic heterocycles. The van der Waals surface area contributed by atoms with Gasteiger partial charge in [0.25, 0.3) is 0 Å². The Hall–Kier alpha value is -3.45. The van der Waals surface area contributed by atoms with Crippen molar-refractivity contribution in [3.8, 4) is 5.69 Å². The second-order valence-electron chi connectivity index (χ2n) is 8.49. The normalized spacial score (nSPS) is 14.3. The van der Waals surface area contributed by atoms with E-state index in [1.165, 1.54) is 0 Å². The monoisotopic (exact) mass is 445 g/mol. The quantitative estimate of drug-likeness (QED) is 0.607. The molecule has 1 aliphatic rings. The molecule has 1 N–H and O–H groups in total. The van der Waals surface area contributed by atoms with E-state index < -0.39 is 0 Å². The van der Waals surface area contributed by atoms with Crippen molar-refractivity contribution in [3.05, 3.63) is 83.2 Å². The van der Waals surface area contributed by atoms with Gasteiger partial charge in [0.05, 0.1) is 24.3 Å². The van der Waals surface area contributed by atoms with Gasteiger partial charge in [-0.1, -0.05) is 48.5 Å².